The highest BCUT2D eigenvalue weighted by Gasteiger charge is 2.32. The molecule has 0 heterocycles. The summed E-state index contributed by atoms with van der Waals surface area (Å²) in [5.74, 6) is -1.69. The molecule has 0 saturated carbocycles. The van der Waals surface area contributed by atoms with Gasteiger partial charge in [0.2, 0.25) is 0 Å². The second-order valence-corrected chi connectivity index (χ2v) is 4.27. The summed E-state index contributed by atoms with van der Waals surface area (Å²) in [6.45, 7) is 0. The highest BCUT2D eigenvalue weighted by molar-refractivity contribution is 5.66. The zero-order chi connectivity index (χ0) is 16.5. The first-order chi connectivity index (χ1) is 10.1. The number of ether oxygens (including phenoxy) is 1. The molecular formula is C14H7F7O. The van der Waals surface area contributed by atoms with Gasteiger partial charge in [-0.05, 0) is 35.9 Å². The summed E-state index contributed by atoms with van der Waals surface area (Å²) in [4.78, 5) is 0. The van der Waals surface area contributed by atoms with Crippen molar-refractivity contribution in [3.63, 3.8) is 0 Å². The van der Waals surface area contributed by atoms with Gasteiger partial charge in [0.25, 0.3) is 0 Å². The van der Waals surface area contributed by atoms with E-state index in [4.69, 9.17) is 0 Å². The molecule has 0 atom stereocenters. The van der Waals surface area contributed by atoms with Crippen LogP contribution in [0.15, 0.2) is 42.5 Å². The van der Waals surface area contributed by atoms with E-state index in [9.17, 15) is 30.7 Å². The van der Waals surface area contributed by atoms with E-state index in [1.165, 1.54) is 0 Å². The van der Waals surface area contributed by atoms with Crippen LogP contribution in [0.3, 0.4) is 0 Å². The van der Waals surface area contributed by atoms with Gasteiger partial charge in [-0.25, -0.2) is 4.39 Å². The Bertz CT molecular complexity index is 674. The molecule has 0 bridgehead atoms. The minimum absolute atomic E-state index is 0.208. The highest BCUT2D eigenvalue weighted by atomic mass is 19.4. The first-order valence-corrected chi connectivity index (χ1v) is 5.79. The summed E-state index contributed by atoms with van der Waals surface area (Å²) in [5, 5.41) is 0. The maximum Gasteiger partial charge on any atom is 0.573 e. The standard InChI is InChI=1S/C14H7F7O/c15-12-5-4-10(22-14(19,20)21)7-11(12)8-2-1-3-9(6-8)13(16,17)18/h1-7H. The second-order valence-electron chi connectivity index (χ2n) is 4.27. The van der Waals surface area contributed by atoms with Gasteiger partial charge in [0, 0.05) is 5.56 Å². The van der Waals surface area contributed by atoms with Crippen LogP contribution in [0.5, 0.6) is 5.75 Å². The van der Waals surface area contributed by atoms with Gasteiger partial charge >= 0.3 is 12.5 Å². The Kier molecular flexibility index (Phi) is 4.04. The number of alkyl halides is 6. The lowest BCUT2D eigenvalue weighted by Gasteiger charge is -2.12. The first kappa shape index (κ1) is 16.1. The van der Waals surface area contributed by atoms with Gasteiger partial charge in [0.1, 0.15) is 11.6 Å². The normalized spacial score (nSPS) is 12.3. The molecule has 0 aliphatic carbocycles. The fourth-order valence-corrected chi connectivity index (χ4v) is 1.79. The van der Waals surface area contributed by atoms with E-state index < -0.39 is 35.2 Å². The minimum Gasteiger partial charge on any atom is -0.406 e. The molecule has 0 spiro atoms. The molecule has 2 rings (SSSR count). The molecule has 0 aliphatic rings. The van der Waals surface area contributed by atoms with Gasteiger partial charge in [-0.3, -0.25) is 0 Å². The monoisotopic (exact) mass is 324 g/mol. The van der Waals surface area contributed by atoms with Crippen LogP contribution >= 0.6 is 0 Å². The van der Waals surface area contributed by atoms with Crippen molar-refractivity contribution >= 4 is 0 Å². The van der Waals surface area contributed by atoms with Crippen LogP contribution in [0.25, 0.3) is 11.1 Å². The lowest BCUT2D eigenvalue weighted by molar-refractivity contribution is -0.274. The molecule has 0 aromatic heterocycles. The maximum absolute atomic E-state index is 13.7. The zero-order valence-corrected chi connectivity index (χ0v) is 10.6. The van der Waals surface area contributed by atoms with Crippen molar-refractivity contribution in [1.82, 2.24) is 0 Å². The fourth-order valence-electron chi connectivity index (χ4n) is 1.79. The molecule has 0 unspecified atom stereocenters. The lowest BCUT2D eigenvalue weighted by atomic mass is 10.0. The fraction of sp³-hybridized carbons (Fsp3) is 0.143. The van der Waals surface area contributed by atoms with E-state index in [-0.39, 0.29) is 5.56 Å². The Balaban J connectivity index is 2.46. The summed E-state index contributed by atoms with van der Waals surface area (Å²) in [6, 6.07) is 5.74. The smallest absolute Gasteiger partial charge is 0.406 e. The van der Waals surface area contributed by atoms with Gasteiger partial charge in [0.15, 0.2) is 0 Å². The minimum atomic E-state index is -4.98. The Morgan fingerprint density at radius 1 is 0.818 bits per heavy atom. The second kappa shape index (κ2) is 5.51. The molecule has 2 aromatic carbocycles. The quantitative estimate of drug-likeness (QED) is 0.671. The SMILES string of the molecule is Fc1ccc(OC(F)(F)F)cc1-c1cccc(C(F)(F)F)c1. The zero-order valence-electron chi connectivity index (χ0n) is 10.6. The Morgan fingerprint density at radius 2 is 1.50 bits per heavy atom. The Morgan fingerprint density at radius 3 is 2.09 bits per heavy atom. The molecule has 0 aliphatic heterocycles. The first-order valence-electron chi connectivity index (χ1n) is 5.79. The molecule has 118 valence electrons. The average molecular weight is 324 g/mol. The van der Waals surface area contributed by atoms with Crippen LogP contribution in [0.1, 0.15) is 5.56 Å². The van der Waals surface area contributed by atoms with E-state index in [0.717, 1.165) is 24.3 Å². The summed E-state index contributed by atoms with van der Waals surface area (Å²) >= 11 is 0. The molecule has 22 heavy (non-hydrogen) atoms. The van der Waals surface area contributed by atoms with Crippen molar-refractivity contribution in [3.8, 4) is 16.9 Å². The Hall–Kier alpha value is -2.25. The summed E-state index contributed by atoms with van der Waals surface area (Å²) in [5.41, 5.74) is -1.67. The molecule has 1 nitrogen and oxygen atoms in total. The molecule has 0 N–H and O–H groups in total. The van der Waals surface area contributed by atoms with Gasteiger partial charge in [-0.2, -0.15) is 13.2 Å². The van der Waals surface area contributed by atoms with Gasteiger partial charge in [0.05, 0.1) is 5.56 Å². The molecule has 2 aromatic rings. The van der Waals surface area contributed by atoms with Crippen LogP contribution in [-0.4, -0.2) is 6.36 Å². The highest BCUT2D eigenvalue weighted by Crippen LogP contribution is 2.34. The molecule has 0 amide bonds. The third kappa shape index (κ3) is 3.90. The van der Waals surface area contributed by atoms with Gasteiger partial charge in [-0.15, -0.1) is 13.2 Å². The largest absolute Gasteiger partial charge is 0.573 e. The molecule has 8 heteroatoms. The van der Waals surface area contributed by atoms with Crippen LogP contribution < -0.4 is 4.74 Å². The van der Waals surface area contributed by atoms with Crippen LogP contribution in [0.2, 0.25) is 0 Å². The predicted octanol–water partition coefficient (Wildman–Crippen LogP) is 5.41. The van der Waals surface area contributed by atoms with Crippen molar-refractivity contribution in [2.45, 2.75) is 12.5 Å². The summed E-state index contributed by atoms with van der Waals surface area (Å²) < 4.78 is 91.6. The van der Waals surface area contributed by atoms with E-state index in [0.29, 0.717) is 18.2 Å². The van der Waals surface area contributed by atoms with Crippen LogP contribution in [0, 0.1) is 5.82 Å². The number of rotatable bonds is 2. The number of halogens is 7. The number of hydrogen-bond acceptors (Lipinski definition) is 1. The predicted molar refractivity (Wildman–Crippen MR) is 63.5 cm³/mol. The van der Waals surface area contributed by atoms with Crippen molar-refractivity contribution in [2.75, 3.05) is 0 Å². The summed E-state index contributed by atoms with van der Waals surface area (Å²) in [7, 11) is 0. The van der Waals surface area contributed by atoms with Gasteiger partial charge < -0.3 is 4.74 Å². The van der Waals surface area contributed by atoms with Crippen LogP contribution in [0.4, 0.5) is 30.7 Å². The molecule has 0 saturated heterocycles. The topological polar surface area (TPSA) is 9.23 Å². The van der Waals surface area contributed by atoms with E-state index >= 15 is 0 Å². The van der Waals surface area contributed by atoms with E-state index in [2.05, 4.69) is 4.74 Å². The van der Waals surface area contributed by atoms with Crippen molar-refractivity contribution in [2.24, 2.45) is 0 Å². The van der Waals surface area contributed by atoms with Crippen molar-refractivity contribution in [3.05, 3.63) is 53.8 Å². The number of benzene rings is 2. The van der Waals surface area contributed by atoms with Crippen LogP contribution in [-0.2, 0) is 6.18 Å². The van der Waals surface area contributed by atoms with Gasteiger partial charge in [-0.1, -0.05) is 12.1 Å². The lowest BCUT2D eigenvalue weighted by Crippen LogP contribution is -2.17. The molecule has 0 radical (unpaired) electrons. The number of hydrogen-bond donors (Lipinski definition) is 0. The average Bonchev–Trinajstić information content (AvgIpc) is 2.38. The van der Waals surface area contributed by atoms with Crippen molar-refractivity contribution in [1.29, 1.82) is 0 Å². The summed E-state index contributed by atoms with van der Waals surface area (Å²) in [6.07, 6.45) is -9.63. The third-order valence-electron chi connectivity index (χ3n) is 2.67. The Labute approximate surface area is 119 Å². The van der Waals surface area contributed by atoms with Crippen molar-refractivity contribution < 1.29 is 35.5 Å². The molecule has 0 fully saturated rings. The molecular weight excluding hydrogens is 317 g/mol. The van der Waals surface area contributed by atoms with E-state index in [1.807, 2.05) is 0 Å². The third-order valence-corrected chi connectivity index (χ3v) is 2.67. The van der Waals surface area contributed by atoms with E-state index in [1.54, 1.807) is 0 Å². The maximum atomic E-state index is 13.7.